The van der Waals surface area contributed by atoms with Gasteiger partial charge in [-0.05, 0) is 93.0 Å². The summed E-state index contributed by atoms with van der Waals surface area (Å²) in [4.78, 5) is 13.4. The van der Waals surface area contributed by atoms with Crippen molar-refractivity contribution in [3.05, 3.63) is 71.2 Å². The molecule has 2 heterocycles. The fourth-order valence-corrected chi connectivity index (χ4v) is 6.49. The van der Waals surface area contributed by atoms with Crippen molar-refractivity contribution in [2.45, 2.75) is 50.3 Å². The number of aryl methyl sites for hydroxylation is 3. The van der Waals surface area contributed by atoms with Gasteiger partial charge in [-0.15, -0.1) is 0 Å². The average Bonchev–Trinajstić information content (AvgIpc) is 3.23. The first-order valence-corrected chi connectivity index (χ1v) is 13.5. The van der Waals surface area contributed by atoms with E-state index in [1.807, 2.05) is 19.1 Å². The van der Waals surface area contributed by atoms with Crippen molar-refractivity contribution in [1.82, 2.24) is 14.1 Å². The van der Waals surface area contributed by atoms with Gasteiger partial charge in [0.15, 0.2) is 0 Å². The fraction of sp³-hybridized carbons (Fsp3) is 0.385. The molecular weight excluding hydrogens is 467 g/mol. The van der Waals surface area contributed by atoms with E-state index in [0.717, 1.165) is 36.9 Å². The molecule has 0 saturated carbocycles. The van der Waals surface area contributed by atoms with Gasteiger partial charge in [-0.2, -0.15) is 9.40 Å². The van der Waals surface area contributed by atoms with E-state index in [1.54, 1.807) is 28.9 Å². The SMILES string of the molecule is Cc1cc(NC(=O)C2CCN(S(=O)(=O)c3ccc4c(c3)CCCC4)CC2)n(-c2ccc(F)cc2)n1. The number of piperidine rings is 1. The lowest BCUT2D eigenvalue weighted by Gasteiger charge is -2.31. The number of amides is 1. The summed E-state index contributed by atoms with van der Waals surface area (Å²) in [6.07, 6.45) is 5.07. The molecular formula is C26H29FN4O3S. The topological polar surface area (TPSA) is 84.3 Å². The van der Waals surface area contributed by atoms with E-state index in [1.165, 1.54) is 22.0 Å². The molecule has 0 atom stereocenters. The summed E-state index contributed by atoms with van der Waals surface area (Å²) in [5, 5.41) is 7.34. The first-order chi connectivity index (χ1) is 16.8. The van der Waals surface area contributed by atoms with Crippen molar-refractivity contribution in [3.8, 4) is 5.69 Å². The summed E-state index contributed by atoms with van der Waals surface area (Å²) in [5.41, 5.74) is 3.75. The van der Waals surface area contributed by atoms with E-state index in [9.17, 15) is 17.6 Å². The molecule has 2 aliphatic rings. The summed E-state index contributed by atoms with van der Waals surface area (Å²) in [6, 6.07) is 13.2. The third-order valence-electron chi connectivity index (χ3n) is 6.94. The maximum absolute atomic E-state index is 13.3. The molecule has 0 radical (unpaired) electrons. The van der Waals surface area contributed by atoms with Gasteiger partial charge in [-0.25, -0.2) is 17.5 Å². The molecule has 9 heteroatoms. The van der Waals surface area contributed by atoms with Crippen LogP contribution >= 0.6 is 0 Å². The number of nitrogens with zero attached hydrogens (tertiary/aromatic N) is 3. The Morgan fingerprint density at radius 3 is 2.40 bits per heavy atom. The minimum Gasteiger partial charge on any atom is -0.310 e. The fourth-order valence-electron chi connectivity index (χ4n) is 4.97. The zero-order valence-corrected chi connectivity index (χ0v) is 20.5. The lowest BCUT2D eigenvalue weighted by molar-refractivity contribution is -0.120. The first-order valence-electron chi connectivity index (χ1n) is 12.1. The standard InChI is InChI=1S/C26H29FN4O3S/c1-18-16-25(31(29-18)23-9-7-22(27)8-10-23)28-26(32)20-12-14-30(15-13-20)35(33,34)24-11-6-19-4-2-3-5-21(19)17-24/h6-11,16-17,20H,2-5,12-15H2,1H3,(H,28,32). The van der Waals surface area contributed by atoms with Gasteiger partial charge in [-0.1, -0.05) is 6.07 Å². The molecule has 3 aromatic rings. The van der Waals surface area contributed by atoms with Gasteiger partial charge >= 0.3 is 0 Å². The third-order valence-corrected chi connectivity index (χ3v) is 8.83. The number of halogens is 1. The molecule has 1 saturated heterocycles. The number of anilines is 1. The van der Waals surface area contributed by atoms with Gasteiger partial charge in [0.1, 0.15) is 11.6 Å². The van der Waals surface area contributed by atoms with Crippen LogP contribution in [0.3, 0.4) is 0 Å². The van der Waals surface area contributed by atoms with E-state index in [4.69, 9.17) is 0 Å². The highest BCUT2D eigenvalue weighted by atomic mass is 32.2. The normalized spacial score (nSPS) is 17.2. The van der Waals surface area contributed by atoms with Crippen LogP contribution in [0.1, 0.15) is 42.5 Å². The maximum Gasteiger partial charge on any atom is 0.243 e. The van der Waals surface area contributed by atoms with E-state index in [2.05, 4.69) is 10.4 Å². The van der Waals surface area contributed by atoms with Crippen LogP contribution in [-0.4, -0.2) is 41.5 Å². The lowest BCUT2D eigenvalue weighted by atomic mass is 9.92. The van der Waals surface area contributed by atoms with Crippen molar-refractivity contribution >= 4 is 21.7 Å². The number of hydrogen-bond donors (Lipinski definition) is 1. The molecule has 0 bridgehead atoms. The number of aromatic nitrogens is 2. The number of benzene rings is 2. The van der Waals surface area contributed by atoms with E-state index in [0.29, 0.717) is 42.3 Å². The Bertz CT molecular complexity index is 1340. The molecule has 1 aromatic heterocycles. The smallest absolute Gasteiger partial charge is 0.243 e. The molecule has 1 N–H and O–H groups in total. The zero-order chi connectivity index (χ0) is 24.6. The van der Waals surface area contributed by atoms with Crippen LogP contribution in [0.4, 0.5) is 10.2 Å². The van der Waals surface area contributed by atoms with Gasteiger partial charge in [-0.3, -0.25) is 4.79 Å². The van der Waals surface area contributed by atoms with Gasteiger partial charge in [0.05, 0.1) is 16.3 Å². The second kappa shape index (κ2) is 9.54. The van der Waals surface area contributed by atoms with Crippen molar-refractivity contribution in [1.29, 1.82) is 0 Å². The van der Waals surface area contributed by atoms with Crippen LogP contribution in [0, 0.1) is 18.7 Å². The second-order valence-corrected chi connectivity index (χ2v) is 11.3. The number of nitrogens with one attached hydrogen (secondary N) is 1. The van der Waals surface area contributed by atoms with Crippen molar-refractivity contribution in [2.24, 2.45) is 5.92 Å². The molecule has 5 rings (SSSR count). The maximum atomic E-state index is 13.3. The lowest BCUT2D eigenvalue weighted by Crippen LogP contribution is -2.41. The Hall–Kier alpha value is -3.04. The Morgan fingerprint density at radius 2 is 1.69 bits per heavy atom. The van der Waals surface area contributed by atoms with Crippen molar-refractivity contribution in [3.63, 3.8) is 0 Å². The van der Waals surface area contributed by atoms with Crippen LogP contribution in [0.2, 0.25) is 0 Å². The molecule has 2 aromatic carbocycles. The Morgan fingerprint density at radius 1 is 1.00 bits per heavy atom. The summed E-state index contributed by atoms with van der Waals surface area (Å²) in [7, 11) is -3.59. The number of carbonyl (C=O) groups excluding carboxylic acids is 1. The summed E-state index contributed by atoms with van der Waals surface area (Å²) in [6.45, 7) is 2.42. The molecule has 35 heavy (non-hydrogen) atoms. The van der Waals surface area contributed by atoms with Crippen molar-refractivity contribution < 1.29 is 17.6 Å². The Balaban J connectivity index is 1.25. The highest BCUT2D eigenvalue weighted by molar-refractivity contribution is 7.89. The molecule has 0 unspecified atom stereocenters. The first kappa shape index (κ1) is 23.7. The second-order valence-electron chi connectivity index (χ2n) is 9.36. The summed E-state index contributed by atoms with van der Waals surface area (Å²) in [5.74, 6) is -0.315. The van der Waals surface area contributed by atoms with Crippen LogP contribution in [0.5, 0.6) is 0 Å². The largest absolute Gasteiger partial charge is 0.310 e. The third kappa shape index (κ3) is 4.88. The van der Waals surface area contributed by atoms with Gasteiger partial charge in [0.2, 0.25) is 15.9 Å². The minimum absolute atomic E-state index is 0.168. The average molecular weight is 497 g/mol. The monoisotopic (exact) mass is 496 g/mol. The molecule has 1 aliphatic heterocycles. The zero-order valence-electron chi connectivity index (χ0n) is 19.7. The van der Waals surface area contributed by atoms with Crippen LogP contribution in [0.25, 0.3) is 5.69 Å². The molecule has 7 nitrogen and oxygen atoms in total. The van der Waals surface area contributed by atoms with Gasteiger partial charge in [0.25, 0.3) is 0 Å². The number of carbonyl (C=O) groups is 1. The Kier molecular flexibility index (Phi) is 6.46. The van der Waals surface area contributed by atoms with Crippen LogP contribution in [0.15, 0.2) is 53.4 Å². The molecule has 1 fully saturated rings. The van der Waals surface area contributed by atoms with E-state index >= 15 is 0 Å². The van der Waals surface area contributed by atoms with Crippen molar-refractivity contribution in [2.75, 3.05) is 18.4 Å². The quantitative estimate of drug-likeness (QED) is 0.573. The highest BCUT2D eigenvalue weighted by Crippen LogP contribution is 2.29. The molecule has 1 amide bonds. The number of fused-ring (bicyclic) bond motifs is 1. The molecule has 0 spiro atoms. The minimum atomic E-state index is -3.59. The molecule has 184 valence electrons. The molecule has 1 aliphatic carbocycles. The summed E-state index contributed by atoms with van der Waals surface area (Å²) < 4.78 is 42.9. The van der Waals surface area contributed by atoms with E-state index in [-0.39, 0.29) is 17.6 Å². The predicted molar refractivity (Wildman–Crippen MR) is 131 cm³/mol. The Labute approximate surface area is 205 Å². The van der Waals surface area contributed by atoms with Gasteiger partial charge in [0, 0.05) is 25.1 Å². The van der Waals surface area contributed by atoms with Gasteiger partial charge < -0.3 is 5.32 Å². The van der Waals surface area contributed by atoms with Crippen LogP contribution < -0.4 is 5.32 Å². The predicted octanol–water partition coefficient (Wildman–Crippen LogP) is 4.24. The number of sulfonamides is 1. The summed E-state index contributed by atoms with van der Waals surface area (Å²) >= 11 is 0. The highest BCUT2D eigenvalue weighted by Gasteiger charge is 2.33. The number of rotatable bonds is 5. The van der Waals surface area contributed by atoms with Crippen LogP contribution in [-0.2, 0) is 27.7 Å². The number of hydrogen-bond acceptors (Lipinski definition) is 4. The van der Waals surface area contributed by atoms with E-state index < -0.39 is 10.0 Å².